The monoisotopic (exact) mass is 630 g/mol. The predicted molar refractivity (Wildman–Crippen MR) is 160 cm³/mol. The fourth-order valence-corrected chi connectivity index (χ4v) is 5.82. The second kappa shape index (κ2) is 14.7. The maximum absolute atomic E-state index is 14.3. The molecule has 1 aromatic rings. The molecule has 3 heterocycles. The average molecular weight is 631 g/mol. The second-order valence-electron chi connectivity index (χ2n) is 12.8. The first-order valence-electron chi connectivity index (χ1n) is 15.5. The molecule has 0 saturated carbocycles. The lowest BCUT2D eigenvalue weighted by molar-refractivity contribution is -0.144. The van der Waals surface area contributed by atoms with Gasteiger partial charge in [-0.2, -0.15) is 0 Å². The Morgan fingerprint density at radius 2 is 1.80 bits per heavy atom. The SMILES string of the molecule is CC(C)(C)OC(=O)NC1CCCCCC=CCCC(C(=O)O)NC(=O)C2CC(OC(=O)N3Cc4cccc(F)c4C3)CN2C1=O. The Morgan fingerprint density at radius 3 is 2.51 bits per heavy atom. The summed E-state index contributed by atoms with van der Waals surface area (Å²) in [5.74, 6) is -2.88. The molecule has 4 amide bonds. The van der Waals surface area contributed by atoms with Crippen LogP contribution in [0, 0.1) is 5.82 Å². The molecule has 4 atom stereocenters. The molecule has 3 N–H and O–H groups in total. The number of fused-ring (bicyclic) bond motifs is 2. The maximum atomic E-state index is 14.3. The highest BCUT2D eigenvalue weighted by Crippen LogP contribution is 2.28. The Morgan fingerprint density at radius 1 is 1.04 bits per heavy atom. The molecule has 1 aromatic carbocycles. The average Bonchev–Trinajstić information content (AvgIpc) is 3.58. The molecule has 3 aliphatic rings. The number of benzene rings is 1. The summed E-state index contributed by atoms with van der Waals surface area (Å²) in [7, 11) is 0. The molecule has 246 valence electrons. The summed E-state index contributed by atoms with van der Waals surface area (Å²) in [4.78, 5) is 68.0. The Balaban J connectivity index is 1.55. The number of ether oxygens (including phenoxy) is 2. The van der Waals surface area contributed by atoms with Crippen molar-refractivity contribution in [2.75, 3.05) is 6.54 Å². The summed E-state index contributed by atoms with van der Waals surface area (Å²) < 4.78 is 25.4. The molecule has 0 radical (unpaired) electrons. The number of carbonyl (C=O) groups is 5. The number of halogens is 1. The van der Waals surface area contributed by atoms with E-state index in [0.29, 0.717) is 24.0 Å². The molecule has 0 aliphatic carbocycles. The number of carboxylic acid groups (broad SMARTS) is 1. The first-order valence-corrected chi connectivity index (χ1v) is 15.5. The van der Waals surface area contributed by atoms with Crippen LogP contribution >= 0.6 is 0 Å². The third kappa shape index (κ3) is 9.18. The summed E-state index contributed by atoms with van der Waals surface area (Å²) >= 11 is 0. The number of nitrogens with one attached hydrogen (secondary N) is 2. The molecule has 4 rings (SSSR count). The van der Waals surface area contributed by atoms with Crippen molar-refractivity contribution in [2.24, 2.45) is 0 Å². The van der Waals surface area contributed by atoms with E-state index in [9.17, 15) is 33.5 Å². The Labute approximate surface area is 262 Å². The predicted octanol–water partition coefficient (Wildman–Crippen LogP) is 4.01. The third-order valence-electron chi connectivity index (χ3n) is 8.06. The van der Waals surface area contributed by atoms with Crippen LogP contribution in [0.3, 0.4) is 0 Å². The first kappa shape index (κ1) is 33.7. The highest BCUT2D eigenvalue weighted by atomic mass is 19.1. The number of carboxylic acids is 1. The fraction of sp³-hybridized carbons (Fsp3) is 0.594. The van der Waals surface area contributed by atoms with Gasteiger partial charge in [-0.15, -0.1) is 0 Å². The maximum Gasteiger partial charge on any atom is 0.410 e. The van der Waals surface area contributed by atoms with Crippen LogP contribution in [-0.4, -0.2) is 81.3 Å². The van der Waals surface area contributed by atoms with Gasteiger partial charge in [0, 0.05) is 18.5 Å². The number of hydrogen-bond donors (Lipinski definition) is 3. The van der Waals surface area contributed by atoms with Gasteiger partial charge < -0.3 is 30.1 Å². The smallest absolute Gasteiger partial charge is 0.410 e. The Kier molecular flexibility index (Phi) is 11.1. The molecule has 0 bridgehead atoms. The summed E-state index contributed by atoms with van der Waals surface area (Å²) in [6.45, 7) is 5.13. The summed E-state index contributed by atoms with van der Waals surface area (Å²) in [5, 5.41) is 15.0. The zero-order valence-corrected chi connectivity index (χ0v) is 26.1. The van der Waals surface area contributed by atoms with Crippen LogP contribution in [0.5, 0.6) is 0 Å². The number of hydrogen-bond acceptors (Lipinski definition) is 7. The number of nitrogens with zero attached hydrogens (tertiary/aromatic N) is 2. The molecule has 1 saturated heterocycles. The van der Waals surface area contributed by atoms with Gasteiger partial charge in [-0.05, 0) is 64.5 Å². The number of allylic oxidation sites excluding steroid dienone is 2. The molecule has 12 nitrogen and oxygen atoms in total. The number of aliphatic carboxylic acids is 1. The van der Waals surface area contributed by atoms with Gasteiger partial charge in [0.25, 0.3) is 0 Å². The Hall–Kier alpha value is -4.16. The molecule has 1 fully saturated rings. The highest BCUT2D eigenvalue weighted by Gasteiger charge is 2.45. The van der Waals surface area contributed by atoms with E-state index >= 15 is 0 Å². The largest absolute Gasteiger partial charge is 0.480 e. The van der Waals surface area contributed by atoms with E-state index in [1.54, 1.807) is 32.9 Å². The minimum Gasteiger partial charge on any atom is -0.480 e. The minimum absolute atomic E-state index is 0.0245. The quantitative estimate of drug-likeness (QED) is 0.424. The zero-order chi connectivity index (χ0) is 32.7. The van der Waals surface area contributed by atoms with Crippen LogP contribution in [0.2, 0.25) is 0 Å². The van der Waals surface area contributed by atoms with Gasteiger partial charge in [0.05, 0.1) is 13.1 Å². The van der Waals surface area contributed by atoms with Crippen molar-refractivity contribution in [3.8, 4) is 0 Å². The number of amides is 4. The molecule has 0 aromatic heterocycles. The first-order chi connectivity index (χ1) is 21.3. The van der Waals surface area contributed by atoms with Gasteiger partial charge in [0.1, 0.15) is 35.6 Å². The minimum atomic E-state index is -1.21. The summed E-state index contributed by atoms with van der Waals surface area (Å²) in [6.07, 6.45) is 5.29. The van der Waals surface area contributed by atoms with Crippen molar-refractivity contribution in [2.45, 2.75) is 115 Å². The van der Waals surface area contributed by atoms with Crippen molar-refractivity contribution in [1.82, 2.24) is 20.4 Å². The van der Waals surface area contributed by atoms with Crippen LogP contribution in [0.15, 0.2) is 30.4 Å². The van der Waals surface area contributed by atoms with E-state index < -0.39 is 65.6 Å². The lowest BCUT2D eigenvalue weighted by Crippen LogP contribution is -2.55. The van der Waals surface area contributed by atoms with E-state index in [1.165, 1.54) is 15.9 Å². The highest BCUT2D eigenvalue weighted by molar-refractivity contribution is 5.93. The fourth-order valence-electron chi connectivity index (χ4n) is 5.82. The van der Waals surface area contributed by atoms with Gasteiger partial charge in [-0.1, -0.05) is 37.1 Å². The van der Waals surface area contributed by atoms with E-state index in [1.807, 2.05) is 12.2 Å². The van der Waals surface area contributed by atoms with Gasteiger partial charge in [-0.3, -0.25) is 14.5 Å². The van der Waals surface area contributed by atoms with Crippen LogP contribution in [0.1, 0.15) is 83.3 Å². The number of alkyl carbamates (subject to hydrolysis) is 1. The van der Waals surface area contributed by atoms with Gasteiger partial charge >= 0.3 is 18.2 Å². The normalized spacial score (nSPS) is 24.8. The second-order valence-corrected chi connectivity index (χ2v) is 12.8. The van der Waals surface area contributed by atoms with Crippen molar-refractivity contribution >= 4 is 30.0 Å². The molecular weight excluding hydrogens is 587 g/mol. The molecule has 0 spiro atoms. The topological polar surface area (TPSA) is 155 Å². The molecule has 3 aliphatic heterocycles. The van der Waals surface area contributed by atoms with Gasteiger partial charge in [0.2, 0.25) is 11.8 Å². The standard InChI is InChI=1S/C32H43FN4O8/c1-32(2,3)45-30(42)35-24-14-9-7-5-4-6-8-10-15-25(29(40)41)34-27(38)26-16-21(18-37(26)28(24)39)44-31(43)36-17-20-12-11-13-23(33)22(20)19-36/h6,8,11-13,21,24-26H,4-5,7,9-10,14-19H2,1-3H3,(H,34,38)(H,35,42)(H,40,41). The van der Waals surface area contributed by atoms with Crippen molar-refractivity contribution < 1.29 is 42.9 Å². The van der Waals surface area contributed by atoms with Crippen LogP contribution in [0.4, 0.5) is 14.0 Å². The lowest BCUT2D eigenvalue weighted by atomic mass is 10.0. The molecule has 4 unspecified atom stereocenters. The number of carbonyl (C=O) groups excluding carboxylic acids is 4. The Bertz CT molecular complexity index is 1310. The van der Waals surface area contributed by atoms with E-state index in [0.717, 1.165) is 19.3 Å². The van der Waals surface area contributed by atoms with E-state index in [-0.39, 0.29) is 38.9 Å². The van der Waals surface area contributed by atoms with Gasteiger partial charge in [-0.25, -0.2) is 18.8 Å². The van der Waals surface area contributed by atoms with E-state index in [2.05, 4.69) is 10.6 Å². The molecule has 45 heavy (non-hydrogen) atoms. The summed E-state index contributed by atoms with van der Waals surface area (Å²) in [5.41, 5.74) is 0.267. The molecular formula is C32H43FN4O8. The van der Waals surface area contributed by atoms with Crippen LogP contribution in [-0.2, 0) is 36.9 Å². The summed E-state index contributed by atoms with van der Waals surface area (Å²) in [6, 6.07) is 1.25. The van der Waals surface area contributed by atoms with Gasteiger partial charge in [0.15, 0.2) is 0 Å². The van der Waals surface area contributed by atoms with Crippen molar-refractivity contribution in [3.63, 3.8) is 0 Å². The van der Waals surface area contributed by atoms with E-state index in [4.69, 9.17) is 9.47 Å². The zero-order valence-electron chi connectivity index (χ0n) is 26.1. The van der Waals surface area contributed by atoms with Crippen molar-refractivity contribution in [1.29, 1.82) is 0 Å². The number of rotatable bonds is 3. The third-order valence-corrected chi connectivity index (χ3v) is 8.06. The van der Waals surface area contributed by atoms with Crippen LogP contribution < -0.4 is 10.6 Å². The lowest BCUT2D eigenvalue weighted by Gasteiger charge is -2.30. The van der Waals surface area contributed by atoms with Crippen LogP contribution in [0.25, 0.3) is 0 Å². The van der Waals surface area contributed by atoms with Crippen molar-refractivity contribution in [3.05, 3.63) is 47.3 Å². The molecule has 13 heteroatoms.